The largest absolute Gasteiger partial charge is 0.325 e. The molecule has 21 heavy (non-hydrogen) atoms. The second kappa shape index (κ2) is 4.95. The van der Waals surface area contributed by atoms with E-state index in [1.54, 1.807) is 24.3 Å². The molecule has 1 aliphatic rings. The summed E-state index contributed by atoms with van der Waals surface area (Å²) >= 11 is 0. The van der Waals surface area contributed by atoms with Gasteiger partial charge in [-0.3, -0.25) is 9.59 Å². The lowest BCUT2D eigenvalue weighted by Crippen LogP contribution is -2.23. The van der Waals surface area contributed by atoms with E-state index in [2.05, 4.69) is 18.8 Å². The molecule has 0 bridgehead atoms. The van der Waals surface area contributed by atoms with E-state index in [0.717, 1.165) is 12.2 Å². The van der Waals surface area contributed by atoms with Crippen LogP contribution in [0.3, 0.4) is 0 Å². The van der Waals surface area contributed by atoms with Crippen LogP contribution in [0.2, 0.25) is 0 Å². The third kappa shape index (κ3) is 2.11. The first-order valence-electron chi connectivity index (χ1n) is 7.26. The van der Waals surface area contributed by atoms with E-state index < -0.39 is 0 Å². The minimum atomic E-state index is -0.147. The van der Waals surface area contributed by atoms with Gasteiger partial charge in [0.2, 0.25) is 11.6 Å². The standard InChI is InChI=1S/C17H18N2O2/c1-10(2)8-9-19-11(3)18-14-15(19)17(21)13-7-5-4-6-12(13)16(14)20/h4-7,10H,8-9H2,1-3H3. The topological polar surface area (TPSA) is 52.0 Å². The number of rotatable bonds is 3. The first kappa shape index (κ1) is 13.7. The van der Waals surface area contributed by atoms with Crippen LogP contribution in [0.4, 0.5) is 0 Å². The van der Waals surface area contributed by atoms with Crippen LogP contribution in [0.25, 0.3) is 0 Å². The number of ketones is 2. The number of hydrogen-bond acceptors (Lipinski definition) is 3. The molecule has 0 amide bonds. The van der Waals surface area contributed by atoms with Crippen molar-refractivity contribution in [3.8, 4) is 0 Å². The summed E-state index contributed by atoms with van der Waals surface area (Å²) in [4.78, 5) is 29.6. The van der Waals surface area contributed by atoms with Gasteiger partial charge in [0.1, 0.15) is 17.2 Å². The molecule has 0 saturated carbocycles. The predicted octanol–water partition coefficient (Wildman–Crippen LogP) is 3.01. The minimum Gasteiger partial charge on any atom is -0.325 e. The van der Waals surface area contributed by atoms with Crippen molar-refractivity contribution in [1.29, 1.82) is 0 Å². The van der Waals surface area contributed by atoms with Gasteiger partial charge in [-0.2, -0.15) is 0 Å². The second-order valence-corrected chi connectivity index (χ2v) is 5.89. The van der Waals surface area contributed by atoms with Gasteiger partial charge in [0.15, 0.2) is 0 Å². The number of benzene rings is 1. The van der Waals surface area contributed by atoms with Crippen molar-refractivity contribution in [2.24, 2.45) is 5.92 Å². The fraction of sp³-hybridized carbons (Fsp3) is 0.353. The van der Waals surface area contributed by atoms with Crippen LogP contribution in [0.15, 0.2) is 24.3 Å². The Labute approximate surface area is 123 Å². The zero-order valence-corrected chi connectivity index (χ0v) is 12.5. The molecule has 4 nitrogen and oxygen atoms in total. The Morgan fingerprint density at radius 1 is 1.10 bits per heavy atom. The Balaban J connectivity index is 2.13. The van der Waals surface area contributed by atoms with Gasteiger partial charge in [-0.25, -0.2) is 4.98 Å². The Hall–Kier alpha value is -2.23. The predicted molar refractivity (Wildman–Crippen MR) is 79.7 cm³/mol. The minimum absolute atomic E-state index is 0.0930. The highest BCUT2D eigenvalue weighted by atomic mass is 16.1. The van der Waals surface area contributed by atoms with Crippen LogP contribution in [-0.4, -0.2) is 21.1 Å². The number of aromatic nitrogens is 2. The van der Waals surface area contributed by atoms with E-state index in [4.69, 9.17) is 0 Å². The third-order valence-corrected chi connectivity index (χ3v) is 3.93. The molecule has 0 radical (unpaired) electrons. The summed E-state index contributed by atoms with van der Waals surface area (Å²) in [5.41, 5.74) is 1.71. The van der Waals surface area contributed by atoms with E-state index in [-0.39, 0.29) is 11.6 Å². The average molecular weight is 282 g/mol. The van der Waals surface area contributed by atoms with Gasteiger partial charge < -0.3 is 4.57 Å². The second-order valence-electron chi connectivity index (χ2n) is 5.89. The van der Waals surface area contributed by atoms with Gasteiger partial charge >= 0.3 is 0 Å². The van der Waals surface area contributed by atoms with E-state index in [1.807, 2.05) is 11.5 Å². The number of carbonyl (C=O) groups excluding carboxylic acids is 2. The van der Waals surface area contributed by atoms with Gasteiger partial charge in [0, 0.05) is 17.7 Å². The molecule has 1 aromatic heterocycles. The van der Waals surface area contributed by atoms with Crippen molar-refractivity contribution in [3.63, 3.8) is 0 Å². The van der Waals surface area contributed by atoms with Gasteiger partial charge in [-0.15, -0.1) is 0 Å². The Morgan fingerprint density at radius 2 is 1.71 bits per heavy atom. The maximum atomic E-state index is 12.7. The molecule has 0 unspecified atom stereocenters. The van der Waals surface area contributed by atoms with Crippen molar-refractivity contribution in [1.82, 2.24) is 9.55 Å². The van der Waals surface area contributed by atoms with Crippen molar-refractivity contribution in [3.05, 3.63) is 52.6 Å². The summed E-state index contributed by atoms with van der Waals surface area (Å²) in [6.07, 6.45) is 0.951. The average Bonchev–Trinajstić information content (AvgIpc) is 2.80. The number of fused-ring (bicyclic) bond motifs is 2. The molecule has 1 aliphatic carbocycles. The normalized spacial score (nSPS) is 13.5. The molecule has 4 heteroatoms. The number of nitrogens with zero attached hydrogens (tertiary/aromatic N) is 2. The molecule has 2 aromatic rings. The molecular formula is C17H18N2O2. The Kier molecular flexibility index (Phi) is 3.24. The lowest BCUT2D eigenvalue weighted by molar-refractivity contribution is 0.0970. The summed E-state index contributed by atoms with van der Waals surface area (Å²) in [7, 11) is 0. The lowest BCUT2D eigenvalue weighted by atomic mass is 9.90. The maximum absolute atomic E-state index is 12.7. The Bertz CT molecular complexity index is 741. The molecule has 1 aromatic carbocycles. The summed E-state index contributed by atoms with van der Waals surface area (Å²) in [6.45, 7) is 6.85. The molecule has 0 atom stereocenters. The summed E-state index contributed by atoms with van der Waals surface area (Å²) in [6, 6.07) is 6.98. The van der Waals surface area contributed by atoms with Crippen molar-refractivity contribution >= 4 is 11.6 Å². The highest BCUT2D eigenvalue weighted by Crippen LogP contribution is 2.28. The van der Waals surface area contributed by atoms with E-state index in [1.165, 1.54) is 0 Å². The molecule has 0 spiro atoms. The molecule has 3 rings (SSSR count). The van der Waals surface area contributed by atoms with Crippen molar-refractivity contribution < 1.29 is 9.59 Å². The molecule has 0 saturated heterocycles. The summed E-state index contributed by atoms with van der Waals surface area (Å²) in [5, 5.41) is 0. The van der Waals surface area contributed by atoms with Gasteiger partial charge in [-0.1, -0.05) is 38.1 Å². The van der Waals surface area contributed by atoms with Crippen molar-refractivity contribution in [2.75, 3.05) is 0 Å². The first-order chi connectivity index (χ1) is 10.0. The monoisotopic (exact) mass is 282 g/mol. The van der Waals surface area contributed by atoms with E-state index in [9.17, 15) is 9.59 Å². The highest BCUT2D eigenvalue weighted by molar-refractivity contribution is 6.27. The molecule has 1 heterocycles. The fourth-order valence-corrected chi connectivity index (χ4v) is 2.75. The van der Waals surface area contributed by atoms with Gasteiger partial charge in [-0.05, 0) is 19.3 Å². The lowest BCUT2D eigenvalue weighted by Gasteiger charge is -2.16. The SMILES string of the molecule is Cc1nc2c(n1CCC(C)C)C(=O)c1ccccc1C2=O. The number of hydrogen-bond donors (Lipinski definition) is 0. The number of carbonyl (C=O) groups is 2. The summed E-state index contributed by atoms with van der Waals surface area (Å²) in [5.74, 6) is 1.02. The molecule has 0 aliphatic heterocycles. The zero-order valence-electron chi connectivity index (χ0n) is 12.5. The third-order valence-electron chi connectivity index (χ3n) is 3.93. The first-order valence-corrected chi connectivity index (χ1v) is 7.26. The zero-order chi connectivity index (χ0) is 15.1. The molecule has 108 valence electrons. The van der Waals surface area contributed by atoms with Crippen molar-refractivity contribution in [2.45, 2.75) is 33.7 Å². The van der Waals surface area contributed by atoms with E-state index >= 15 is 0 Å². The fourth-order valence-electron chi connectivity index (χ4n) is 2.75. The van der Waals surface area contributed by atoms with Crippen LogP contribution in [-0.2, 0) is 6.54 Å². The highest BCUT2D eigenvalue weighted by Gasteiger charge is 2.34. The quantitative estimate of drug-likeness (QED) is 0.742. The van der Waals surface area contributed by atoms with Crippen LogP contribution in [0.1, 0.15) is 58.2 Å². The van der Waals surface area contributed by atoms with Crippen LogP contribution in [0, 0.1) is 12.8 Å². The number of aryl methyl sites for hydroxylation is 1. The summed E-state index contributed by atoms with van der Waals surface area (Å²) < 4.78 is 1.89. The molecule has 0 fully saturated rings. The van der Waals surface area contributed by atoms with Gasteiger partial charge in [0.25, 0.3) is 0 Å². The van der Waals surface area contributed by atoms with Crippen LogP contribution >= 0.6 is 0 Å². The van der Waals surface area contributed by atoms with Crippen LogP contribution < -0.4 is 0 Å². The number of imidazole rings is 1. The Morgan fingerprint density at radius 3 is 2.33 bits per heavy atom. The maximum Gasteiger partial charge on any atom is 0.214 e. The van der Waals surface area contributed by atoms with Crippen LogP contribution in [0.5, 0.6) is 0 Å². The smallest absolute Gasteiger partial charge is 0.214 e. The molecule has 0 N–H and O–H groups in total. The van der Waals surface area contributed by atoms with E-state index in [0.29, 0.717) is 35.0 Å². The molecular weight excluding hydrogens is 264 g/mol. The van der Waals surface area contributed by atoms with Gasteiger partial charge in [0.05, 0.1) is 0 Å².